The predicted octanol–water partition coefficient (Wildman–Crippen LogP) is 3.75. The van der Waals surface area contributed by atoms with Crippen molar-refractivity contribution in [3.05, 3.63) is 89.1 Å². The lowest BCUT2D eigenvalue weighted by Gasteiger charge is -2.07. The molecule has 0 aliphatic heterocycles. The van der Waals surface area contributed by atoms with Gasteiger partial charge in [-0.3, -0.25) is 9.59 Å². The van der Waals surface area contributed by atoms with Crippen LogP contribution in [0.15, 0.2) is 66.9 Å². The molecular weight excluding hydrogens is 358 g/mol. The van der Waals surface area contributed by atoms with Gasteiger partial charge < -0.3 is 20.3 Å². The number of aromatic hydroxyl groups is 3. The van der Waals surface area contributed by atoms with Gasteiger partial charge in [-0.05, 0) is 60.7 Å². The van der Waals surface area contributed by atoms with Crippen LogP contribution in [0, 0.1) is 0 Å². The summed E-state index contributed by atoms with van der Waals surface area (Å²) >= 11 is 0. The van der Waals surface area contributed by atoms with Crippen molar-refractivity contribution < 1.29 is 24.9 Å². The van der Waals surface area contributed by atoms with Crippen LogP contribution >= 0.6 is 0 Å². The molecule has 3 aromatic carbocycles. The molecule has 0 aliphatic rings. The number of phenolic OH excluding ortho intramolecular Hbond substituents is 3. The van der Waals surface area contributed by atoms with E-state index in [-0.39, 0.29) is 39.5 Å². The average Bonchev–Trinajstić information content (AvgIpc) is 3.13. The van der Waals surface area contributed by atoms with Gasteiger partial charge in [-0.2, -0.15) is 0 Å². The molecule has 0 aliphatic carbocycles. The van der Waals surface area contributed by atoms with Gasteiger partial charge in [0.15, 0.2) is 11.6 Å². The van der Waals surface area contributed by atoms with Crippen LogP contribution in [0.3, 0.4) is 0 Å². The summed E-state index contributed by atoms with van der Waals surface area (Å²) < 4.78 is 0. The zero-order valence-electron chi connectivity index (χ0n) is 14.5. The van der Waals surface area contributed by atoms with E-state index in [4.69, 9.17) is 0 Å². The number of hydrogen-bond donors (Lipinski definition) is 4. The lowest BCUT2D eigenvalue weighted by Crippen LogP contribution is -2.03. The first-order valence-electron chi connectivity index (χ1n) is 8.46. The number of fused-ring (bicyclic) bond motifs is 1. The summed E-state index contributed by atoms with van der Waals surface area (Å²) in [7, 11) is 0. The summed E-state index contributed by atoms with van der Waals surface area (Å²) in [5.74, 6) is -0.998. The minimum Gasteiger partial charge on any atom is -0.508 e. The topological polar surface area (TPSA) is 111 Å². The molecule has 138 valence electrons. The number of nitrogens with one attached hydrogen (secondary N) is 1. The highest BCUT2D eigenvalue weighted by atomic mass is 16.3. The molecule has 1 aromatic heterocycles. The molecule has 6 nitrogen and oxygen atoms in total. The third-order valence-electron chi connectivity index (χ3n) is 4.57. The Morgan fingerprint density at radius 2 is 1.14 bits per heavy atom. The molecule has 0 unspecified atom stereocenters. The summed E-state index contributed by atoms with van der Waals surface area (Å²) in [5, 5.41) is 29.8. The molecule has 4 N–H and O–H groups in total. The highest BCUT2D eigenvalue weighted by Gasteiger charge is 2.22. The fourth-order valence-corrected chi connectivity index (χ4v) is 3.11. The van der Waals surface area contributed by atoms with Gasteiger partial charge in [0.05, 0.1) is 16.5 Å². The number of aromatic amines is 1. The average molecular weight is 373 g/mol. The number of aromatic nitrogens is 1. The minimum atomic E-state index is -0.427. The second-order valence-corrected chi connectivity index (χ2v) is 6.34. The third-order valence-corrected chi connectivity index (χ3v) is 4.57. The largest absolute Gasteiger partial charge is 0.508 e. The van der Waals surface area contributed by atoms with Crippen LogP contribution in [0.5, 0.6) is 17.2 Å². The Bertz CT molecular complexity index is 1200. The molecule has 28 heavy (non-hydrogen) atoms. The van der Waals surface area contributed by atoms with Crippen molar-refractivity contribution >= 4 is 22.5 Å². The second kappa shape index (κ2) is 6.59. The van der Waals surface area contributed by atoms with Crippen molar-refractivity contribution in [1.82, 2.24) is 4.98 Å². The van der Waals surface area contributed by atoms with Crippen LogP contribution in [-0.4, -0.2) is 31.9 Å². The predicted molar refractivity (Wildman–Crippen MR) is 103 cm³/mol. The number of phenols is 3. The normalized spacial score (nSPS) is 10.9. The van der Waals surface area contributed by atoms with E-state index in [1.807, 2.05) is 0 Å². The Hall–Kier alpha value is -4.06. The van der Waals surface area contributed by atoms with Crippen LogP contribution in [0.1, 0.15) is 31.8 Å². The fraction of sp³-hybridized carbons (Fsp3) is 0. The van der Waals surface area contributed by atoms with Gasteiger partial charge in [0.25, 0.3) is 0 Å². The van der Waals surface area contributed by atoms with Gasteiger partial charge in [0, 0.05) is 22.8 Å². The lowest BCUT2D eigenvalue weighted by atomic mass is 9.97. The fourth-order valence-electron chi connectivity index (χ4n) is 3.11. The molecule has 0 atom stereocenters. The highest BCUT2D eigenvalue weighted by Crippen LogP contribution is 2.34. The maximum atomic E-state index is 12.8. The monoisotopic (exact) mass is 373 g/mol. The summed E-state index contributed by atoms with van der Waals surface area (Å²) in [6.07, 6.45) is 1.48. The molecule has 0 saturated heterocycles. The zero-order chi connectivity index (χ0) is 19.8. The minimum absolute atomic E-state index is 0.0311. The van der Waals surface area contributed by atoms with Gasteiger partial charge in [-0.15, -0.1) is 0 Å². The number of H-pyrrole nitrogens is 1. The van der Waals surface area contributed by atoms with Gasteiger partial charge in [-0.25, -0.2) is 0 Å². The molecule has 1 heterocycles. The van der Waals surface area contributed by atoms with E-state index in [1.54, 1.807) is 6.07 Å². The second-order valence-electron chi connectivity index (χ2n) is 6.34. The third kappa shape index (κ3) is 2.87. The van der Waals surface area contributed by atoms with E-state index < -0.39 is 5.78 Å². The molecule has 4 rings (SSSR count). The highest BCUT2D eigenvalue weighted by molar-refractivity contribution is 6.20. The Labute approximate surface area is 159 Å². The number of ketones is 2. The van der Waals surface area contributed by atoms with Gasteiger partial charge in [0.2, 0.25) is 0 Å². The number of carbonyl (C=O) groups is 2. The Balaban J connectivity index is 1.81. The van der Waals surface area contributed by atoms with Crippen molar-refractivity contribution in [3.63, 3.8) is 0 Å². The van der Waals surface area contributed by atoms with Crippen molar-refractivity contribution in [2.24, 2.45) is 0 Å². The van der Waals surface area contributed by atoms with Crippen LogP contribution in [-0.2, 0) is 0 Å². The summed E-state index contributed by atoms with van der Waals surface area (Å²) in [6.45, 7) is 0. The van der Waals surface area contributed by atoms with Gasteiger partial charge in [-0.1, -0.05) is 0 Å². The molecule has 0 bridgehead atoms. The van der Waals surface area contributed by atoms with Crippen LogP contribution < -0.4 is 0 Å². The van der Waals surface area contributed by atoms with Gasteiger partial charge >= 0.3 is 0 Å². The summed E-state index contributed by atoms with van der Waals surface area (Å²) in [5.41, 5.74) is 1.43. The smallest absolute Gasteiger partial charge is 0.196 e. The molecule has 0 fully saturated rings. The van der Waals surface area contributed by atoms with Crippen LogP contribution in [0.2, 0.25) is 0 Å². The Kier molecular flexibility index (Phi) is 4.08. The number of hydrogen-bond acceptors (Lipinski definition) is 5. The van der Waals surface area contributed by atoms with Crippen molar-refractivity contribution in [2.75, 3.05) is 0 Å². The van der Waals surface area contributed by atoms with Crippen molar-refractivity contribution in [3.8, 4) is 17.2 Å². The number of carbonyl (C=O) groups excluding carboxylic acids is 2. The Morgan fingerprint density at radius 3 is 1.68 bits per heavy atom. The molecule has 0 amide bonds. The maximum Gasteiger partial charge on any atom is 0.196 e. The molecular formula is C22H15NO5. The molecule has 0 spiro atoms. The summed E-state index contributed by atoms with van der Waals surface area (Å²) in [6, 6.07) is 14.6. The van der Waals surface area contributed by atoms with E-state index >= 15 is 0 Å². The SMILES string of the molecule is O=C(c1ccc(O)cc1)c1ccc2[nH]cc(C(=O)c3ccc(O)cc3)c2c1O. The van der Waals surface area contributed by atoms with Crippen LogP contribution in [0.25, 0.3) is 10.9 Å². The number of rotatable bonds is 4. The van der Waals surface area contributed by atoms with Crippen molar-refractivity contribution in [1.29, 1.82) is 0 Å². The van der Waals surface area contributed by atoms with E-state index in [0.29, 0.717) is 16.6 Å². The molecule has 6 heteroatoms. The standard InChI is InChI=1S/C22H15NO5/c24-14-5-1-12(2-6-14)20(26)16-9-10-18-19(22(16)28)17(11-23-18)21(27)13-3-7-15(25)8-4-13/h1-11,23-25,28H. The van der Waals surface area contributed by atoms with E-state index in [1.165, 1.54) is 60.8 Å². The maximum absolute atomic E-state index is 12.8. The van der Waals surface area contributed by atoms with Crippen LogP contribution in [0.4, 0.5) is 0 Å². The summed E-state index contributed by atoms with van der Waals surface area (Å²) in [4.78, 5) is 28.5. The van der Waals surface area contributed by atoms with E-state index in [0.717, 1.165) is 0 Å². The van der Waals surface area contributed by atoms with Gasteiger partial charge in [0.1, 0.15) is 17.2 Å². The zero-order valence-corrected chi connectivity index (χ0v) is 14.5. The number of benzene rings is 3. The quantitative estimate of drug-likeness (QED) is 0.407. The van der Waals surface area contributed by atoms with E-state index in [2.05, 4.69) is 4.98 Å². The molecule has 4 aromatic rings. The lowest BCUT2D eigenvalue weighted by molar-refractivity contribution is 0.102. The molecule has 0 radical (unpaired) electrons. The first-order valence-corrected chi connectivity index (χ1v) is 8.46. The Morgan fingerprint density at radius 1 is 0.643 bits per heavy atom. The van der Waals surface area contributed by atoms with E-state index in [9.17, 15) is 24.9 Å². The van der Waals surface area contributed by atoms with Crippen molar-refractivity contribution in [2.45, 2.75) is 0 Å². The first-order chi connectivity index (χ1) is 13.5. The first kappa shape index (κ1) is 17.4. The molecule has 0 saturated carbocycles.